The van der Waals surface area contributed by atoms with E-state index in [-0.39, 0.29) is 54.7 Å². The summed E-state index contributed by atoms with van der Waals surface area (Å²) in [6.45, 7) is 2.40. The number of aromatic nitrogens is 2. The van der Waals surface area contributed by atoms with Crippen molar-refractivity contribution in [3.63, 3.8) is 0 Å². The van der Waals surface area contributed by atoms with Gasteiger partial charge in [-0.1, -0.05) is 18.2 Å². The summed E-state index contributed by atoms with van der Waals surface area (Å²) < 4.78 is 28.6. The van der Waals surface area contributed by atoms with Gasteiger partial charge in [0.15, 0.2) is 0 Å². The first-order chi connectivity index (χ1) is 14.8. The molecule has 3 aromatic rings. The van der Waals surface area contributed by atoms with E-state index in [1.54, 1.807) is 42.2 Å². The largest absolute Gasteiger partial charge is 0.507 e. The van der Waals surface area contributed by atoms with E-state index in [4.69, 9.17) is 0 Å². The van der Waals surface area contributed by atoms with E-state index in [1.165, 1.54) is 27.3 Å². The number of piperazine rings is 1. The molecule has 0 atom stereocenters. The lowest BCUT2D eigenvalue weighted by Gasteiger charge is -2.34. The first-order valence-electron chi connectivity index (χ1n) is 9.80. The Hall–Kier alpha value is -3.24. The van der Waals surface area contributed by atoms with Crippen molar-refractivity contribution in [2.45, 2.75) is 18.4 Å². The molecule has 9 nitrogen and oxygen atoms in total. The molecule has 1 fully saturated rings. The van der Waals surface area contributed by atoms with Crippen molar-refractivity contribution < 1.29 is 18.3 Å². The minimum absolute atomic E-state index is 0.0494. The molecule has 31 heavy (non-hydrogen) atoms. The first kappa shape index (κ1) is 21.0. The van der Waals surface area contributed by atoms with Gasteiger partial charge in [-0.3, -0.25) is 14.3 Å². The standard InChI is InChI=1S/C21H22N4O5S/c1-15-6-7-18(26)20(12-15)31(29,30)24-10-8-23(9-11-24)21(28)14-25-17-5-3-2-4-16(17)19(27)13-22-25/h2-7,12-13,26H,8-11,14H2,1H3. The zero-order chi connectivity index (χ0) is 22.2. The Morgan fingerprint density at radius 3 is 2.55 bits per heavy atom. The molecule has 10 heteroatoms. The van der Waals surface area contributed by atoms with E-state index in [0.717, 1.165) is 5.56 Å². The summed E-state index contributed by atoms with van der Waals surface area (Å²) in [5.41, 5.74) is 1.09. The van der Waals surface area contributed by atoms with Gasteiger partial charge in [-0.2, -0.15) is 9.40 Å². The molecule has 1 aliphatic rings. The molecule has 1 amide bonds. The number of amides is 1. The average molecular weight is 442 g/mol. The molecule has 0 saturated carbocycles. The first-order valence-corrected chi connectivity index (χ1v) is 11.2. The predicted octanol–water partition coefficient (Wildman–Crippen LogP) is 0.944. The van der Waals surface area contributed by atoms with Crippen molar-refractivity contribution >= 4 is 26.8 Å². The summed E-state index contributed by atoms with van der Waals surface area (Å²) in [6.07, 6.45) is 1.19. The molecule has 162 valence electrons. The molecule has 0 spiro atoms. The van der Waals surface area contributed by atoms with Crippen molar-refractivity contribution in [3.05, 3.63) is 64.4 Å². The van der Waals surface area contributed by atoms with Crippen LogP contribution in [0.15, 0.2) is 58.4 Å². The number of hydrogen-bond acceptors (Lipinski definition) is 6. The maximum Gasteiger partial charge on any atom is 0.246 e. The maximum atomic E-state index is 12.9. The lowest BCUT2D eigenvalue weighted by atomic mass is 10.2. The van der Waals surface area contributed by atoms with E-state index in [0.29, 0.717) is 10.9 Å². The smallest absolute Gasteiger partial charge is 0.246 e. The normalized spacial score (nSPS) is 15.3. The van der Waals surface area contributed by atoms with Gasteiger partial charge in [-0.15, -0.1) is 0 Å². The highest BCUT2D eigenvalue weighted by Gasteiger charge is 2.32. The molecule has 1 aliphatic heterocycles. The van der Waals surface area contributed by atoms with E-state index in [9.17, 15) is 23.1 Å². The van der Waals surface area contributed by atoms with Crippen LogP contribution in [0.2, 0.25) is 0 Å². The number of sulfonamides is 1. The predicted molar refractivity (Wildman–Crippen MR) is 114 cm³/mol. The Balaban J connectivity index is 1.47. The van der Waals surface area contributed by atoms with Crippen LogP contribution >= 0.6 is 0 Å². The van der Waals surface area contributed by atoms with Crippen molar-refractivity contribution in [2.75, 3.05) is 26.2 Å². The van der Waals surface area contributed by atoms with Crippen LogP contribution in [0.1, 0.15) is 5.56 Å². The number of phenolic OH excluding ortho intramolecular Hbond substituents is 1. The van der Waals surface area contributed by atoms with Crippen molar-refractivity contribution in [3.8, 4) is 5.75 Å². The number of carbonyl (C=O) groups excluding carboxylic acids is 1. The molecule has 1 N–H and O–H groups in total. The zero-order valence-electron chi connectivity index (χ0n) is 16.9. The summed E-state index contributed by atoms with van der Waals surface area (Å²) in [7, 11) is -3.86. The third-order valence-corrected chi connectivity index (χ3v) is 7.30. The fourth-order valence-electron chi connectivity index (χ4n) is 3.66. The molecule has 2 heterocycles. The van der Waals surface area contributed by atoms with E-state index < -0.39 is 10.0 Å². The minimum Gasteiger partial charge on any atom is -0.507 e. The number of rotatable bonds is 4. The third kappa shape index (κ3) is 4.04. The highest BCUT2D eigenvalue weighted by molar-refractivity contribution is 7.89. The summed E-state index contributed by atoms with van der Waals surface area (Å²) in [5, 5.41) is 14.6. The van der Waals surface area contributed by atoms with Crippen LogP contribution in [0.25, 0.3) is 10.9 Å². The summed E-state index contributed by atoms with van der Waals surface area (Å²) in [5.74, 6) is -0.503. The molecule has 4 rings (SSSR count). The van der Waals surface area contributed by atoms with Gasteiger partial charge in [0, 0.05) is 31.6 Å². The van der Waals surface area contributed by atoms with Gasteiger partial charge in [0.25, 0.3) is 0 Å². The van der Waals surface area contributed by atoms with Gasteiger partial charge in [0.2, 0.25) is 21.4 Å². The van der Waals surface area contributed by atoms with Crippen LogP contribution < -0.4 is 5.43 Å². The fourth-order valence-corrected chi connectivity index (χ4v) is 5.25. The molecule has 0 aliphatic carbocycles. The number of phenols is 1. The van der Waals surface area contributed by atoms with Crippen molar-refractivity contribution in [2.24, 2.45) is 0 Å². The second-order valence-corrected chi connectivity index (χ2v) is 9.35. The number of aromatic hydroxyl groups is 1. The van der Waals surface area contributed by atoms with Gasteiger partial charge in [-0.25, -0.2) is 8.42 Å². The van der Waals surface area contributed by atoms with Crippen LogP contribution in [-0.2, 0) is 21.4 Å². The van der Waals surface area contributed by atoms with Gasteiger partial charge < -0.3 is 10.0 Å². The van der Waals surface area contributed by atoms with E-state index in [1.807, 2.05) is 0 Å². The second kappa shape index (κ2) is 8.12. The Morgan fingerprint density at radius 2 is 1.81 bits per heavy atom. The van der Waals surface area contributed by atoms with E-state index >= 15 is 0 Å². The molecule has 1 aromatic heterocycles. The lowest BCUT2D eigenvalue weighted by Crippen LogP contribution is -2.51. The molecule has 1 saturated heterocycles. The molecular weight excluding hydrogens is 420 g/mol. The average Bonchev–Trinajstić information content (AvgIpc) is 2.77. The van der Waals surface area contributed by atoms with Crippen molar-refractivity contribution in [1.29, 1.82) is 0 Å². The van der Waals surface area contributed by atoms with Crippen LogP contribution in [-0.4, -0.2) is 64.6 Å². The van der Waals surface area contributed by atoms with Crippen LogP contribution in [0.4, 0.5) is 0 Å². The van der Waals surface area contributed by atoms with Crippen LogP contribution in [0.5, 0.6) is 5.75 Å². The SMILES string of the molecule is Cc1ccc(O)c(S(=O)(=O)N2CCN(C(=O)Cn3ncc(=O)c4ccccc43)CC2)c1. The Bertz CT molecular complexity index is 1310. The summed E-state index contributed by atoms with van der Waals surface area (Å²) >= 11 is 0. The Kier molecular flexibility index (Phi) is 5.50. The number of aryl methyl sites for hydroxylation is 1. The number of hydrogen-bond donors (Lipinski definition) is 1. The Morgan fingerprint density at radius 1 is 1.10 bits per heavy atom. The number of para-hydroxylation sites is 1. The van der Waals surface area contributed by atoms with Gasteiger partial charge >= 0.3 is 0 Å². The topological polar surface area (TPSA) is 113 Å². The molecular formula is C21H22N4O5S. The van der Waals surface area contributed by atoms with Gasteiger partial charge in [0.05, 0.1) is 11.7 Å². The minimum atomic E-state index is -3.86. The van der Waals surface area contributed by atoms with Gasteiger partial charge in [0.1, 0.15) is 17.2 Å². The quantitative estimate of drug-likeness (QED) is 0.644. The lowest BCUT2D eigenvalue weighted by molar-refractivity contribution is -0.133. The highest BCUT2D eigenvalue weighted by Crippen LogP contribution is 2.27. The second-order valence-electron chi connectivity index (χ2n) is 7.44. The van der Waals surface area contributed by atoms with Gasteiger partial charge in [-0.05, 0) is 36.8 Å². The van der Waals surface area contributed by atoms with E-state index in [2.05, 4.69) is 5.10 Å². The third-order valence-electron chi connectivity index (χ3n) is 5.37. The number of carbonyl (C=O) groups is 1. The molecule has 0 radical (unpaired) electrons. The molecule has 0 unspecified atom stereocenters. The zero-order valence-corrected chi connectivity index (χ0v) is 17.7. The number of fused-ring (bicyclic) bond motifs is 1. The summed E-state index contributed by atoms with van der Waals surface area (Å²) in [4.78, 5) is 26.2. The fraction of sp³-hybridized carbons (Fsp3) is 0.286. The monoisotopic (exact) mass is 442 g/mol. The Labute approximate surface area is 179 Å². The maximum absolute atomic E-state index is 12.9. The highest BCUT2D eigenvalue weighted by atomic mass is 32.2. The summed E-state index contributed by atoms with van der Waals surface area (Å²) in [6, 6.07) is 11.4. The molecule has 0 bridgehead atoms. The van der Waals surface area contributed by atoms with Crippen LogP contribution in [0.3, 0.4) is 0 Å². The molecule has 2 aromatic carbocycles. The van der Waals surface area contributed by atoms with Crippen molar-refractivity contribution in [1.82, 2.24) is 19.0 Å². The number of benzene rings is 2. The number of nitrogens with zero attached hydrogens (tertiary/aromatic N) is 4. The van der Waals surface area contributed by atoms with Crippen LogP contribution in [0, 0.1) is 6.92 Å².